The Morgan fingerprint density at radius 1 is 1.07 bits per heavy atom. The molecule has 0 fully saturated rings. The molecule has 0 aliphatic heterocycles. The predicted octanol–water partition coefficient (Wildman–Crippen LogP) is 0.713. The predicted molar refractivity (Wildman–Crippen MR) is 55.3 cm³/mol. The molecule has 1 N–H and O–H groups in total. The maximum atomic E-state index is 3.93. The van der Waals surface area contributed by atoms with Crippen LogP contribution in [-0.2, 0) is 0 Å². The summed E-state index contributed by atoms with van der Waals surface area (Å²) in [4.78, 5) is 0. The molecule has 1 aromatic carbocycles. The summed E-state index contributed by atoms with van der Waals surface area (Å²) in [5, 5.41) is 18.4. The Hall–Kier alpha value is -2.37. The van der Waals surface area contributed by atoms with Crippen molar-refractivity contribution in [1.82, 2.24) is 20.4 Å². The van der Waals surface area contributed by atoms with Gasteiger partial charge < -0.3 is 0 Å². The van der Waals surface area contributed by atoms with E-state index in [-0.39, 0.29) is 5.95 Å². The molecule has 0 unspecified atom stereocenters. The molecule has 6 heteroatoms. The van der Waals surface area contributed by atoms with Crippen LogP contribution in [0, 0.1) is 0 Å². The molecule has 0 aliphatic rings. The number of rotatable bonds is 3. The standard InChI is InChI=1S/C9H8N6/c1-2-4-8(5-3-1)6-10-13-9-14-11-7-12-15-9/h1-7H,(H,13,14,15)/b10-6+. The van der Waals surface area contributed by atoms with Crippen LogP contribution in [0.3, 0.4) is 0 Å². The average molecular weight is 200 g/mol. The molecule has 15 heavy (non-hydrogen) atoms. The number of anilines is 1. The number of hydrazone groups is 1. The van der Waals surface area contributed by atoms with E-state index in [2.05, 4.69) is 30.9 Å². The van der Waals surface area contributed by atoms with E-state index < -0.39 is 0 Å². The number of hydrogen-bond acceptors (Lipinski definition) is 6. The molecule has 2 aromatic rings. The van der Waals surface area contributed by atoms with Crippen molar-refractivity contribution in [2.45, 2.75) is 0 Å². The van der Waals surface area contributed by atoms with Gasteiger partial charge in [-0.15, -0.1) is 20.4 Å². The number of hydrogen-bond donors (Lipinski definition) is 1. The lowest BCUT2D eigenvalue weighted by molar-refractivity contribution is 0.855. The molecule has 0 bridgehead atoms. The third-order valence-corrected chi connectivity index (χ3v) is 1.59. The summed E-state index contributed by atoms with van der Waals surface area (Å²) in [7, 11) is 0. The van der Waals surface area contributed by atoms with Gasteiger partial charge in [-0.25, -0.2) is 5.43 Å². The molecule has 1 aromatic heterocycles. The van der Waals surface area contributed by atoms with Crippen molar-refractivity contribution in [3.8, 4) is 0 Å². The van der Waals surface area contributed by atoms with Gasteiger partial charge in [-0.2, -0.15) is 5.10 Å². The second-order valence-electron chi connectivity index (χ2n) is 2.65. The molecular weight excluding hydrogens is 192 g/mol. The fourth-order valence-electron chi connectivity index (χ4n) is 0.952. The maximum Gasteiger partial charge on any atom is 0.282 e. The van der Waals surface area contributed by atoms with E-state index >= 15 is 0 Å². The van der Waals surface area contributed by atoms with Crippen LogP contribution in [0.1, 0.15) is 5.56 Å². The van der Waals surface area contributed by atoms with E-state index in [1.165, 1.54) is 6.33 Å². The van der Waals surface area contributed by atoms with Crippen LogP contribution in [0.25, 0.3) is 0 Å². The van der Waals surface area contributed by atoms with Gasteiger partial charge in [0.1, 0.15) is 0 Å². The van der Waals surface area contributed by atoms with Crippen molar-refractivity contribution in [3.05, 3.63) is 42.2 Å². The summed E-state index contributed by atoms with van der Waals surface area (Å²) < 4.78 is 0. The molecule has 1 heterocycles. The van der Waals surface area contributed by atoms with Gasteiger partial charge in [0.25, 0.3) is 5.95 Å². The molecule has 0 saturated carbocycles. The number of nitrogens with zero attached hydrogens (tertiary/aromatic N) is 5. The molecular formula is C9H8N6. The molecule has 0 saturated heterocycles. The first-order valence-corrected chi connectivity index (χ1v) is 4.29. The summed E-state index contributed by atoms with van der Waals surface area (Å²) in [5.41, 5.74) is 3.60. The Morgan fingerprint density at radius 2 is 1.80 bits per heavy atom. The number of aromatic nitrogens is 4. The zero-order valence-electron chi connectivity index (χ0n) is 7.78. The highest BCUT2D eigenvalue weighted by atomic mass is 15.4. The van der Waals surface area contributed by atoms with Gasteiger partial charge >= 0.3 is 0 Å². The van der Waals surface area contributed by atoms with Crippen molar-refractivity contribution >= 4 is 12.2 Å². The second kappa shape index (κ2) is 4.75. The monoisotopic (exact) mass is 200 g/mol. The maximum absolute atomic E-state index is 3.93. The highest BCUT2D eigenvalue weighted by Gasteiger charge is 1.90. The summed E-state index contributed by atoms with van der Waals surface area (Å²) in [5.74, 6) is 0.268. The largest absolute Gasteiger partial charge is 0.282 e. The lowest BCUT2D eigenvalue weighted by atomic mass is 10.2. The van der Waals surface area contributed by atoms with Gasteiger partial charge in [0.15, 0.2) is 6.33 Å². The van der Waals surface area contributed by atoms with E-state index in [4.69, 9.17) is 0 Å². The topological polar surface area (TPSA) is 76.0 Å². The Morgan fingerprint density at radius 3 is 2.53 bits per heavy atom. The van der Waals surface area contributed by atoms with Crippen molar-refractivity contribution in [2.24, 2.45) is 5.10 Å². The van der Waals surface area contributed by atoms with Crippen LogP contribution in [0.15, 0.2) is 41.8 Å². The quantitative estimate of drug-likeness (QED) is 0.583. The fraction of sp³-hybridized carbons (Fsp3) is 0. The van der Waals surface area contributed by atoms with Gasteiger partial charge in [-0.05, 0) is 5.56 Å². The third kappa shape index (κ3) is 2.80. The first kappa shape index (κ1) is 9.20. The molecule has 0 amide bonds. The normalized spacial score (nSPS) is 10.4. The molecule has 0 spiro atoms. The zero-order chi connectivity index (χ0) is 10.3. The highest BCUT2D eigenvalue weighted by Crippen LogP contribution is 1.94. The second-order valence-corrected chi connectivity index (χ2v) is 2.65. The van der Waals surface area contributed by atoms with Crippen LogP contribution in [-0.4, -0.2) is 26.6 Å². The first-order chi connectivity index (χ1) is 7.45. The lowest BCUT2D eigenvalue weighted by Gasteiger charge is -1.94. The van der Waals surface area contributed by atoms with Gasteiger partial charge in [0.2, 0.25) is 0 Å². The number of benzene rings is 1. The Bertz CT molecular complexity index is 427. The molecule has 6 nitrogen and oxygen atoms in total. The minimum Gasteiger partial charge on any atom is -0.243 e. The van der Waals surface area contributed by atoms with Crippen LogP contribution in [0.2, 0.25) is 0 Å². The minimum absolute atomic E-state index is 0.268. The smallest absolute Gasteiger partial charge is 0.243 e. The molecule has 0 radical (unpaired) electrons. The SMILES string of the molecule is C(=N\Nc1nncnn1)/c1ccccc1. The molecule has 0 atom stereocenters. The van der Waals surface area contributed by atoms with Crippen molar-refractivity contribution in [1.29, 1.82) is 0 Å². The summed E-state index contributed by atoms with van der Waals surface area (Å²) in [6, 6.07) is 9.69. The molecule has 2 rings (SSSR count). The lowest BCUT2D eigenvalue weighted by Crippen LogP contribution is -1.99. The molecule has 0 aliphatic carbocycles. The highest BCUT2D eigenvalue weighted by molar-refractivity contribution is 5.79. The Kier molecular flexibility index (Phi) is 2.91. The van der Waals surface area contributed by atoms with E-state index in [1.807, 2.05) is 30.3 Å². The third-order valence-electron chi connectivity index (χ3n) is 1.59. The van der Waals surface area contributed by atoms with E-state index in [9.17, 15) is 0 Å². The average Bonchev–Trinajstić information content (AvgIpc) is 2.32. The zero-order valence-corrected chi connectivity index (χ0v) is 7.78. The van der Waals surface area contributed by atoms with E-state index in [0.717, 1.165) is 5.56 Å². The Balaban J connectivity index is 1.97. The van der Waals surface area contributed by atoms with Crippen LogP contribution in [0.4, 0.5) is 5.95 Å². The summed E-state index contributed by atoms with van der Waals surface area (Å²) in [6.45, 7) is 0. The van der Waals surface area contributed by atoms with Crippen LogP contribution in [0.5, 0.6) is 0 Å². The van der Waals surface area contributed by atoms with Gasteiger partial charge in [0, 0.05) is 0 Å². The van der Waals surface area contributed by atoms with Crippen molar-refractivity contribution in [3.63, 3.8) is 0 Å². The van der Waals surface area contributed by atoms with Crippen molar-refractivity contribution in [2.75, 3.05) is 5.43 Å². The van der Waals surface area contributed by atoms with E-state index in [1.54, 1.807) is 6.21 Å². The van der Waals surface area contributed by atoms with E-state index in [0.29, 0.717) is 0 Å². The van der Waals surface area contributed by atoms with Gasteiger partial charge in [-0.3, -0.25) is 0 Å². The minimum atomic E-state index is 0.268. The fourth-order valence-corrected chi connectivity index (χ4v) is 0.952. The Labute approximate surface area is 86.1 Å². The van der Waals surface area contributed by atoms with Gasteiger partial charge in [-0.1, -0.05) is 30.3 Å². The van der Waals surface area contributed by atoms with Crippen molar-refractivity contribution < 1.29 is 0 Å². The number of nitrogens with one attached hydrogen (secondary N) is 1. The van der Waals surface area contributed by atoms with Crippen LogP contribution < -0.4 is 5.43 Å². The summed E-state index contributed by atoms with van der Waals surface area (Å²) >= 11 is 0. The van der Waals surface area contributed by atoms with Gasteiger partial charge in [0.05, 0.1) is 6.21 Å². The van der Waals surface area contributed by atoms with Crippen LogP contribution >= 0.6 is 0 Å². The summed E-state index contributed by atoms with van der Waals surface area (Å²) in [6.07, 6.45) is 2.92. The molecule has 74 valence electrons. The first-order valence-electron chi connectivity index (χ1n) is 4.29.